The number of fused-ring (bicyclic) bond motifs is 8. The van der Waals surface area contributed by atoms with Crippen LogP contribution in [0.5, 0.6) is 0 Å². The molecule has 0 aliphatic heterocycles. The van der Waals surface area contributed by atoms with Crippen molar-refractivity contribution in [3.8, 4) is 44.5 Å². The highest BCUT2D eigenvalue weighted by Crippen LogP contribution is 2.55. The third kappa shape index (κ3) is 4.50. The van der Waals surface area contributed by atoms with Gasteiger partial charge in [-0.15, -0.1) is 0 Å². The van der Waals surface area contributed by atoms with Gasteiger partial charge in [0.15, 0.2) is 0 Å². The molecule has 0 radical (unpaired) electrons. The second-order valence-electron chi connectivity index (χ2n) is 16.1. The van der Waals surface area contributed by atoms with Crippen LogP contribution in [-0.4, -0.2) is 0 Å². The fraction of sp³-hybridized carbons (Fsp3) is 0.0526. The topological polar surface area (TPSA) is 0 Å². The molecule has 0 fully saturated rings. The van der Waals surface area contributed by atoms with E-state index in [2.05, 4.69) is 197 Å². The first kappa shape index (κ1) is 32.2. The van der Waals surface area contributed by atoms with Crippen molar-refractivity contribution in [3.63, 3.8) is 0 Å². The smallest absolute Gasteiger partial charge is 0.000719 e. The molecule has 0 atom stereocenters. The van der Waals surface area contributed by atoms with E-state index in [1.165, 1.54) is 137 Å². The van der Waals surface area contributed by atoms with Gasteiger partial charge in [0.2, 0.25) is 0 Å². The first-order chi connectivity index (χ1) is 28.0. The average molecular weight is 723 g/mol. The summed E-state index contributed by atoms with van der Waals surface area (Å²) < 4.78 is 0. The highest BCUT2D eigenvalue weighted by Gasteiger charge is 2.27. The fourth-order valence-electron chi connectivity index (χ4n) is 10.7. The first-order valence-corrected chi connectivity index (χ1v) is 20.1. The first-order valence-electron chi connectivity index (χ1n) is 20.1. The van der Waals surface area contributed by atoms with Crippen LogP contribution in [0.25, 0.3) is 120 Å². The lowest BCUT2D eigenvalue weighted by Gasteiger charge is -2.19. The Balaban J connectivity index is 1.36. The van der Waals surface area contributed by atoms with E-state index in [4.69, 9.17) is 0 Å². The van der Waals surface area contributed by atoms with Gasteiger partial charge in [0.05, 0.1) is 0 Å². The molecule has 0 spiro atoms. The molecule has 0 heteroatoms. The highest BCUT2D eigenvalue weighted by molar-refractivity contribution is 6.45. The Hall–Kier alpha value is -7.02. The zero-order valence-corrected chi connectivity index (χ0v) is 32.2. The molecule has 12 aromatic carbocycles. The summed E-state index contributed by atoms with van der Waals surface area (Å²) in [6, 6.07) is 66.3. The maximum absolute atomic E-state index is 2.54. The SMILES string of the molecule is Cc1cc(C)c(-c2ccc3c4c(-c5ccccc5)c5cc6c7ccccc7c7cccc(c5c(-c5cccc(-c8ccccc8)c5)c4c4cccc2c34)c76)c(C)c1. The zero-order valence-electron chi connectivity index (χ0n) is 32.2. The van der Waals surface area contributed by atoms with Gasteiger partial charge in [-0.2, -0.15) is 0 Å². The van der Waals surface area contributed by atoms with Gasteiger partial charge in [-0.25, -0.2) is 0 Å². The van der Waals surface area contributed by atoms with E-state index in [1.807, 2.05) is 0 Å². The number of hydrogen-bond donors (Lipinski definition) is 0. The Kier molecular flexibility index (Phi) is 6.78. The Bertz CT molecular complexity index is 3550. The van der Waals surface area contributed by atoms with Crippen molar-refractivity contribution in [2.75, 3.05) is 0 Å². The van der Waals surface area contributed by atoms with Gasteiger partial charge in [0, 0.05) is 0 Å². The Morgan fingerprint density at radius 1 is 0.246 bits per heavy atom. The predicted molar refractivity (Wildman–Crippen MR) is 247 cm³/mol. The van der Waals surface area contributed by atoms with Crippen LogP contribution >= 0.6 is 0 Å². The number of rotatable bonds is 4. The molecule has 0 heterocycles. The van der Waals surface area contributed by atoms with Crippen LogP contribution in [0.2, 0.25) is 0 Å². The second-order valence-corrected chi connectivity index (χ2v) is 16.1. The van der Waals surface area contributed by atoms with E-state index in [9.17, 15) is 0 Å². The molecular weight excluding hydrogens is 685 g/mol. The van der Waals surface area contributed by atoms with Crippen LogP contribution in [0.15, 0.2) is 176 Å². The molecule has 0 saturated carbocycles. The monoisotopic (exact) mass is 722 g/mol. The van der Waals surface area contributed by atoms with Crippen LogP contribution in [0, 0.1) is 20.8 Å². The maximum Gasteiger partial charge on any atom is -0.000719 e. The Morgan fingerprint density at radius 3 is 1.49 bits per heavy atom. The lowest BCUT2D eigenvalue weighted by molar-refractivity contribution is 1.32. The summed E-state index contributed by atoms with van der Waals surface area (Å²) in [5, 5.41) is 18.5. The highest BCUT2D eigenvalue weighted by atomic mass is 14.3. The van der Waals surface area contributed by atoms with Gasteiger partial charge in [0.25, 0.3) is 0 Å². The maximum atomic E-state index is 2.54. The van der Waals surface area contributed by atoms with Crippen LogP contribution in [0.4, 0.5) is 0 Å². The average Bonchev–Trinajstić information content (AvgIpc) is 3.75. The minimum absolute atomic E-state index is 1.22. The van der Waals surface area contributed by atoms with Crippen LogP contribution < -0.4 is 0 Å². The molecule has 0 bridgehead atoms. The van der Waals surface area contributed by atoms with Crippen molar-refractivity contribution < 1.29 is 0 Å². The summed E-state index contributed by atoms with van der Waals surface area (Å²) in [7, 11) is 0. The quantitative estimate of drug-likeness (QED) is 0.159. The van der Waals surface area contributed by atoms with Crippen molar-refractivity contribution in [1.29, 1.82) is 0 Å². The van der Waals surface area contributed by atoms with E-state index in [-0.39, 0.29) is 0 Å². The molecule has 0 N–H and O–H groups in total. The molecule has 266 valence electrons. The summed E-state index contributed by atoms with van der Waals surface area (Å²) in [6.07, 6.45) is 0. The molecule has 0 aliphatic carbocycles. The Labute approximate surface area is 331 Å². The molecule has 0 aromatic heterocycles. The normalized spacial score (nSPS) is 12.1. The lowest BCUT2D eigenvalue weighted by Crippen LogP contribution is -1.92. The largest absolute Gasteiger partial charge is 0.0622 e. The summed E-state index contributed by atoms with van der Waals surface area (Å²) in [6.45, 7) is 6.74. The molecule has 12 aromatic rings. The van der Waals surface area contributed by atoms with E-state index in [0.29, 0.717) is 0 Å². The second kappa shape index (κ2) is 12.0. The van der Waals surface area contributed by atoms with Gasteiger partial charge >= 0.3 is 0 Å². The van der Waals surface area contributed by atoms with Crippen LogP contribution in [0.3, 0.4) is 0 Å². The van der Waals surface area contributed by atoms with Crippen molar-refractivity contribution in [2.24, 2.45) is 0 Å². The standard InChI is InChI=1S/C57H38/c1-33-29-34(2)50(35(3)30-33)44-27-28-47-53-43(44)24-14-26-46(53)57-52(39-20-12-19-38(31-39)36-15-6-4-7-16-36)55-45-25-13-23-42-40-21-10-11-22-41(40)48(54(42)45)32-49(55)51(56(47)57)37-17-8-5-9-18-37/h4-32H,1-3H3. The van der Waals surface area contributed by atoms with Crippen molar-refractivity contribution in [3.05, 3.63) is 193 Å². The zero-order chi connectivity index (χ0) is 37.9. The van der Waals surface area contributed by atoms with Crippen molar-refractivity contribution >= 4 is 75.4 Å². The predicted octanol–water partition coefficient (Wildman–Crippen LogP) is 16.2. The summed E-state index contributed by atoms with van der Waals surface area (Å²) in [4.78, 5) is 0. The van der Waals surface area contributed by atoms with E-state index in [0.717, 1.165) is 0 Å². The van der Waals surface area contributed by atoms with Gasteiger partial charge in [0.1, 0.15) is 0 Å². The molecule has 0 aliphatic rings. The molecule has 12 rings (SSSR count). The van der Waals surface area contributed by atoms with Gasteiger partial charge in [-0.3, -0.25) is 0 Å². The van der Waals surface area contributed by atoms with Crippen LogP contribution in [-0.2, 0) is 0 Å². The molecular formula is C57H38. The molecule has 0 nitrogen and oxygen atoms in total. The van der Waals surface area contributed by atoms with Gasteiger partial charge in [-0.1, -0.05) is 169 Å². The van der Waals surface area contributed by atoms with E-state index in [1.54, 1.807) is 0 Å². The molecule has 0 saturated heterocycles. The van der Waals surface area contributed by atoms with E-state index < -0.39 is 0 Å². The summed E-state index contributed by atoms with van der Waals surface area (Å²) in [5.74, 6) is 0. The number of aryl methyl sites for hydroxylation is 3. The third-order valence-corrected chi connectivity index (χ3v) is 12.8. The third-order valence-electron chi connectivity index (χ3n) is 12.8. The number of benzene rings is 10. The molecule has 0 unspecified atom stereocenters. The fourth-order valence-corrected chi connectivity index (χ4v) is 10.7. The minimum Gasteiger partial charge on any atom is -0.0622 e. The summed E-state index contributed by atoms with van der Waals surface area (Å²) in [5.41, 5.74) is 14.1. The minimum atomic E-state index is 1.22. The summed E-state index contributed by atoms with van der Waals surface area (Å²) >= 11 is 0. The van der Waals surface area contributed by atoms with Gasteiger partial charge in [-0.05, 0) is 164 Å². The Morgan fingerprint density at radius 2 is 0.754 bits per heavy atom. The molecule has 0 amide bonds. The lowest BCUT2D eigenvalue weighted by atomic mass is 9.83. The van der Waals surface area contributed by atoms with Crippen molar-refractivity contribution in [2.45, 2.75) is 20.8 Å². The van der Waals surface area contributed by atoms with Crippen LogP contribution in [0.1, 0.15) is 16.7 Å². The molecule has 57 heavy (non-hydrogen) atoms. The van der Waals surface area contributed by atoms with Gasteiger partial charge < -0.3 is 0 Å². The number of hydrogen-bond acceptors (Lipinski definition) is 0. The van der Waals surface area contributed by atoms with Crippen molar-refractivity contribution in [1.82, 2.24) is 0 Å². The van der Waals surface area contributed by atoms with E-state index >= 15 is 0 Å².